The van der Waals surface area contributed by atoms with Crippen molar-refractivity contribution in [1.82, 2.24) is 5.32 Å². The maximum Gasteiger partial charge on any atom is 0.123 e. The molecule has 0 atom stereocenters. The standard InChI is InChI=1S/C21H29NO2/c1-16(2)15-23-21-8-6-5-7-19(21)14-22-13-18-9-11-20(12-10-18)24-17(3)4/h5-12,16-17,22H,13-15H2,1-4H3. The van der Waals surface area contributed by atoms with Crippen molar-refractivity contribution in [3.63, 3.8) is 0 Å². The summed E-state index contributed by atoms with van der Waals surface area (Å²) in [5.41, 5.74) is 2.43. The second-order valence-electron chi connectivity index (χ2n) is 6.73. The maximum atomic E-state index is 5.90. The molecule has 3 nitrogen and oxygen atoms in total. The Balaban J connectivity index is 1.85. The smallest absolute Gasteiger partial charge is 0.123 e. The number of ether oxygens (including phenoxy) is 2. The zero-order chi connectivity index (χ0) is 17.4. The molecule has 0 bridgehead atoms. The van der Waals surface area contributed by atoms with Gasteiger partial charge in [-0.3, -0.25) is 0 Å². The quantitative estimate of drug-likeness (QED) is 0.718. The first-order valence-corrected chi connectivity index (χ1v) is 8.71. The summed E-state index contributed by atoms with van der Waals surface area (Å²) in [5.74, 6) is 2.41. The molecule has 0 aliphatic carbocycles. The molecule has 24 heavy (non-hydrogen) atoms. The first-order valence-electron chi connectivity index (χ1n) is 8.71. The van der Waals surface area contributed by atoms with E-state index in [0.717, 1.165) is 31.2 Å². The summed E-state index contributed by atoms with van der Waals surface area (Å²) in [5, 5.41) is 3.49. The van der Waals surface area contributed by atoms with E-state index in [9.17, 15) is 0 Å². The van der Waals surface area contributed by atoms with E-state index < -0.39 is 0 Å². The average molecular weight is 327 g/mol. The molecule has 1 N–H and O–H groups in total. The molecule has 3 heteroatoms. The monoisotopic (exact) mass is 327 g/mol. The van der Waals surface area contributed by atoms with Gasteiger partial charge in [0.05, 0.1) is 12.7 Å². The highest BCUT2D eigenvalue weighted by molar-refractivity contribution is 5.33. The van der Waals surface area contributed by atoms with E-state index in [0.29, 0.717) is 5.92 Å². The van der Waals surface area contributed by atoms with Crippen molar-refractivity contribution in [2.24, 2.45) is 5.92 Å². The van der Waals surface area contributed by atoms with E-state index in [2.05, 4.69) is 43.4 Å². The third-order valence-electron chi connectivity index (χ3n) is 3.48. The number of hydrogen-bond donors (Lipinski definition) is 1. The third kappa shape index (κ3) is 6.25. The van der Waals surface area contributed by atoms with Gasteiger partial charge in [-0.05, 0) is 43.5 Å². The summed E-state index contributed by atoms with van der Waals surface area (Å²) in [4.78, 5) is 0. The van der Waals surface area contributed by atoms with Gasteiger partial charge in [0, 0.05) is 18.7 Å². The summed E-state index contributed by atoms with van der Waals surface area (Å²) < 4.78 is 11.6. The summed E-state index contributed by atoms with van der Waals surface area (Å²) in [6.45, 7) is 10.7. The molecule has 0 radical (unpaired) electrons. The predicted molar refractivity (Wildman–Crippen MR) is 99.5 cm³/mol. The Bertz CT molecular complexity index is 605. The lowest BCUT2D eigenvalue weighted by Gasteiger charge is -2.14. The Kier molecular flexibility index (Phi) is 7.13. The van der Waals surface area contributed by atoms with E-state index in [1.54, 1.807) is 0 Å². The van der Waals surface area contributed by atoms with Crippen LogP contribution in [0.5, 0.6) is 11.5 Å². The molecule has 2 aromatic rings. The minimum atomic E-state index is 0.205. The van der Waals surface area contributed by atoms with Gasteiger partial charge in [0.25, 0.3) is 0 Å². The lowest BCUT2D eigenvalue weighted by Crippen LogP contribution is -2.14. The Morgan fingerprint density at radius 1 is 0.875 bits per heavy atom. The fourth-order valence-corrected chi connectivity index (χ4v) is 2.35. The minimum absolute atomic E-state index is 0.205. The largest absolute Gasteiger partial charge is 0.493 e. The molecule has 0 saturated heterocycles. The molecule has 2 aromatic carbocycles. The van der Waals surface area contributed by atoms with E-state index >= 15 is 0 Å². The van der Waals surface area contributed by atoms with Crippen molar-refractivity contribution < 1.29 is 9.47 Å². The first-order chi connectivity index (χ1) is 11.5. The highest BCUT2D eigenvalue weighted by atomic mass is 16.5. The molecule has 0 fully saturated rings. The molecule has 0 spiro atoms. The van der Waals surface area contributed by atoms with Crippen LogP contribution in [-0.2, 0) is 13.1 Å². The van der Waals surface area contributed by atoms with Gasteiger partial charge in [0.1, 0.15) is 11.5 Å². The van der Waals surface area contributed by atoms with Gasteiger partial charge >= 0.3 is 0 Å². The van der Waals surface area contributed by atoms with Crippen molar-refractivity contribution >= 4 is 0 Å². The summed E-state index contributed by atoms with van der Waals surface area (Å²) in [6.07, 6.45) is 0.205. The SMILES string of the molecule is CC(C)COc1ccccc1CNCc1ccc(OC(C)C)cc1. The molecule has 0 saturated carbocycles. The van der Waals surface area contributed by atoms with Gasteiger partial charge in [-0.2, -0.15) is 0 Å². The zero-order valence-corrected chi connectivity index (χ0v) is 15.2. The number of nitrogens with one attached hydrogen (secondary N) is 1. The van der Waals surface area contributed by atoms with Crippen LogP contribution in [0, 0.1) is 5.92 Å². The van der Waals surface area contributed by atoms with E-state index in [1.165, 1.54) is 11.1 Å². The van der Waals surface area contributed by atoms with Gasteiger partial charge in [0.2, 0.25) is 0 Å². The van der Waals surface area contributed by atoms with Crippen LogP contribution in [0.15, 0.2) is 48.5 Å². The molecule has 0 aliphatic rings. The van der Waals surface area contributed by atoms with Crippen LogP contribution in [0.2, 0.25) is 0 Å². The lowest BCUT2D eigenvalue weighted by atomic mass is 10.1. The fourth-order valence-electron chi connectivity index (χ4n) is 2.35. The van der Waals surface area contributed by atoms with Crippen molar-refractivity contribution in [3.8, 4) is 11.5 Å². The second kappa shape index (κ2) is 9.33. The van der Waals surface area contributed by atoms with Crippen molar-refractivity contribution in [3.05, 3.63) is 59.7 Å². The van der Waals surface area contributed by atoms with Gasteiger partial charge in [-0.15, -0.1) is 0 Å². The first kappa shape index (κ1) is 18.3. The molecule has 0 aliphatic heterocycles. The zero-order valence-electron chi connectivity index (χ0n) is 15.2. The number of para-hydroxylation sites is 1. The molecular formula is C21H29NO2. The van der Waals surface area contributed by atoms with Crippen LogP contribution >= 0.6 is 0 Å². The van der Waals surface area contributed by atoms with Gasteiger partial charge < -0.3 is 14.8 Å². The number of hydrogen-bond acceptors (Lipinski definition) is 3. The highest BCUT2D eigenvalue weighted by Gasteiger charge is 2.04. The topological polar surface area (TPSA) is 30.5 Å². The molecule has 2 rings (SSSR count). The third-order valence-corrected chi connectivity index (χ3v) is 3.48. The minimum Gasteiger partial charge on any atom is -0.493 e. The summed E-state index contributed by atoms with van der Waals surface area (Å²) in [6, 6.07) is 16.5. The molecule has 0 unspecified atom stereocenters. The summed E-state index contributed by atoms with van der Waals surface area (Å²) in [7, 11) is 0. The van der Waals surface area contributed by atoms with E-state index in [1.807, 2.05) is 38.1 Å². The molecular weight excluding hydrogens is 298 g/mol. The Morgan fingerprint density at radius 2 is 1.58 bits per heavy atom. The van der Waals surface area contributed by atoms with Crippen LogP contribution in [0.1, 0.15) is 38.8 Å². The number of benzene rings is 2. The van der Waals surface area contributed by atoms with E-state index in [-0.39, 0.29) is 6.10 Å². The fraction of sp³-hybridized carbons (Fsp3) is 0.429. The highest BCUT2D eigenvalue weighted by Crippen LogP contribution is 2.19. The Morgan fingerprint density at radius 3 is 2.25 bits per heavy atom. The van der Waals surface area contributed by atoms with Gasteiger partial charge in [0.15, 0.2) is 0 Å². The predicted octanol–water partition coefficient (Wildman–Crippen LogP) is 4.80. The van der Waals surface area contributed by atoms with Crippen LogP contribution in [0.25, 0.3) is 0 Å². The van der Waals surface area contributed by atoms with Gasteiger partial charge in [-0.1, -0.05) is 44.2 Å². The van der Waals surface area contributed by atoms with Crippen LogP contribution in [-0.4, -0.2) is 12.7 Å². The Labute approximate surface area is 146 Å². The Hall–Kier alpha value is -2.00. The molecule has 0 amide bonds. The molecule has 0 heterocycles. The maximum absolute atomic E-state index is 5.90. The van der Waals surface area contributed by atoms with Gasteiger partial charge in [-0.25, -0.2) is 0 Å². The number of rotatable bonds is 9. The van der Waals surface area contributed by atoms with Crippen molar-refractivity contribution in [1.29, 1.82) is 0 Å². The van der Waals surface area contributed by atoms with Crippen LogP contribution < -0.4 is 14.8 Å². The summed E-state index contributed by atoms with van der Waals surface area (Å²) >= 11 is 0. The van der Waals surface area contributed by atoms with Crippen LogP contribution in [0.3, 0.4) is 0 Å². The normalized spacial score (nSPS) is 11.1. The van der Waals surface area contributed by atoms with Crippen molar-refractivity contribution in [2.45, 2.75) is 46.9 Å². The lowest BCUT2D eigenvalue weighted by molar-refractivity contribution is 0.242. The van der Waals surface area contributed by atoms with E-state index in [4.69, 9.17) is 9.47 Å². The second-order valence-corrected chi connectivity index (χ2v) is 6.73. The molecule has 0 aromatic heterocycles. The van der Waals surface area contributed by atoms with Crippen LogP contribution in [0.4, 0.5) is 0 Å². The molecule has 130 valence electrons. The average Bonchev–Trinajstić information content (AvgIpc) is 2.55. The van der Waals surface area contributed by atoms with Crippen molar-refractivity contribution in [2.75, 3.05) is 6.61 Å².